The van der Waals surface area contributed by atoms with Gasteiger partial charge in [0.25, 0.3) is 23.6 Å². The average molecular weight is 767 g/mol. The van der Waals surface area contributed by atoms with Gasteiger partial charge in [-0.3, -0.25) is 29.0 Å². The molecule has 0 fully saturated rings. The third-order valence-electron chi connectivity index (χ3n) is 12.6. The molecule has 2 aliphatic heterocycles. The summed E-state index contributed by atoms with van der Waals surface area (Å²) in [5, 5.41) is 6.69. The van der Waals surface area contributed by atoms with Gasteiger partial charge in [-0.05, 0) is 86.3 Å². The average Bonchev–Trinajstić information content (AvgIpc) is 3.26. The molecule has 0 saturated heterocycles. The number of imide groups is 2. The number of nitrogens with zero attached hydrogens (tertiary/aromatic N) is 2. The predicted octanol–water partition coefficient (Wildman–Crippen LogP) is 13.0. The number of rotatable bonds is 16. The van der Waals surface area contributed by atoms with Gasteiger partial charge >= 0.3 is 0 Å². The molecule has 0 spiro atoms. The molecule has 0 bridgehead atoms. The standard InChI is InChI=1S/C52H50N2O4/c1-3-5-7-9-11-19-29-53-49(55)37-27-25-35-43-36(26-28-38(46(37)43)50(53)56)45-40(34-23-17-14-18-24-34)32-42-47-41(31-39(44(35)48(45)47)33-21-15-13-16-22-33)51(57)54(52(42)58)30-20-12-10-8-6-4-2/h13-18,21-28,31-32H,3-12,19-20,29-30H2,1-2H3. The SMILES string of the molecule is CCCCCCCCN1C(=O)c2ccc3c4c(-c5ccccc5)cc5c6c(cc(-c7ccccc7)c(c7ccc(c2c37)C1=O)c64)C(=O)N(CCCCCCCC)C5=O. The first kappa shape index (κ1) is 37.7. The quantitative estimate of drug-likeness (QED) is 0.0425. The van der Waals surface area contributed by atoms with Crippen LogP contribution in [0.2, 0.25) is 0 Å². The van der Waals surface area contributed by atoms with Crippen molar-refractivity contribution in [2.24, 2.45) is 0 Å². The second kappa shape index (κ2) is 15.8. The minimum atomic E-state index is -0.258. The van der Waals surface area contributed by atoms with Gasteiger partial charge in [0.05, 0.1) is 0 Å². The molecule has 2 heterocycles. The topological polar surface area (TPSA) is 74.8 Å². The monoisotopic (exact) mass is 766 g/mol. The number of fused-ring (bicyclic) bond motifs is 2. The first-order valence-electron chi connectivity index (χ1n) is 21.6. The maximum absolute atomic E-state index is 14.7. The molecule has 4 amide bonds. The van der Waals surface area contributed by atoms with E-state index in [1.54, 1.807) is 0 Å². The van der Waals surface area contributed by atoms with Gasteiger partial charge in [-0.1, -0.05) is 151 Å². The number of hydrogen-bond donors (Lipinski definition) is 0. The summed E-state index contributed by atoms with van der Waals surface area (Å²) in [4.78, 5) is 60.9. The van der Waals surface area contributed by atoms with Crippen molar-refractivity contribution in [3.8, 4) is 22.3 Å². The predicted molar refractivity (Wildman–Crippen MR) is 236 cm³/mol. The fraction of sp³-hybridized carbons (Fsp3) is 0.308. The van der Waals surface area contributed by atoms with E-state index >= 15 is 0 Å². The molecule has 6 heteroatoms. The molecule has 0 N–H and O–H groups in total. The molecular formula is C52H50N2O4. The minimum Gasteiger partial charge on any atom is -0.274 e. The van der Waals surface area contributed by atoms with Gasteiger partial charge in [0.1, 0.15) is 0 Å². The number of carbonyl (C=O) groups is 4. The second-order valence-electron chi connectivity index (χ2n) is 16.3. The highest BCUT2D eigenvalue weighted by Crippen LogP contribution is 2.52. The zero-order chi connectivity index (χ0) is 39.9. The molecule has 0 unspecified atom stereocenters. The highest BCUT2D eigenvalue weighted by atomic mass is 16.2. The van der Waals surface area contributed by atoms with Crippen LogP contribution in [0, 0.1) is 0 Å². The second-order valence-corrected chi connectivity index (χ2v) is 16.3. The summed E-state index contributed by atoms with van der Waals surface area (Å²) < 4.78 is 0. The normalized spacial score (nSPS) is 14.0. The van der Waals surface area contributed by atoms with Gasteiger partial charge in [0, 0.05) is 51.5 Å². The van der Waals surface area contributed by atoms with E-state index in [1.165, 1.54) is 35.5 Å². The maximum atomic E-state index is 14.7. The molecule has 0 radical (unpaired) electrons. The molecule has 0 aromatic heterocycles. The Bertz CT molecular complexity index is 2570. The lowest BCUT2D eigenvalue weighted by Gasteiger charge is -2.32. The van der Waals surface area contributed by atoms with Crippen molar-refractivity contribution in [3.63, 3.8) is 0 Å². The van der Waals surface area contributed by atoms with Gasteiger partial charge in [-0.15, -0.1) is 0 Å². The Morgan fingerprint density at radius 2 is 0.724 bits per heavy atom. The molecule has 58 heavy (non-hydrogen) atoms. The Kier molecular flexibility index (Phi) is 10.3. The summed E-state index contributed by atoms with van der Waals surface area (Å²) in [7, 11) is 0. The van der Waals surface area contributed by atoms with Crippen molar-refractivity contribution in [2.75, 3.05) is 13.1 Å². The molecule has 9 rings (SSSR count). The van der Waals surface area contributed by atoms with Gasteiger partial charge in [-0.2, -0.15) is 0 Å². The molecule has 292 valence electrons. The maximum Gasteiger partial charge on any atom is 0.261 e. The Balaban J connectivity index is 1.30. The first-order chi connectivity index (χ1) is 28.4. The molecule has 0 aliphatic carbocycles. The van der Waals surface area contributed by atoms with Crippen LogP contribution < -0.4 is 0 Å². The lowest BCUT2D eigenvalue weighted by Crippen LogP contribution is -2.41. The van der Waals surface area contributed by atoms with Crippen molar-refractivity contribution < 1.29 is 19.2 Å². The molecule has 7 aromatic rings. The molecule has 0 saturated carbocycles. The highest BCUT2D eigenvalue weighted by molar-refractivity contribution is 6.44. The molecule has 7 aromatic carbocycles. The van der Waals surface area contributed by atoms with Crippen LogP contribution >= 0.6 is 0 Å². The molecule has 2 aliphatic rings. The van der Waals surface area contributed by atoms with Crippen molar-refractivity contribution in [1.82, 2.24) is 9.80 Å². The largest absolute Gasteiger partial charge is 0.274 e. The first-order valence-corrected chi connectivity index (χ1v) is 21.6. The van der Waals surface area contributed by atoms with Crippen LogP contribution in [0.3, 0.4) is 0 Å². The zero-order valence-electron chi connectivity index (χ0n) is 33.7. The zero-order valence-corrected chi connectivity index (χ0v) is 33.7. The molecule has 0 atom stereocenters. The van der Waals surface area contributed by atoms with Gasteiger partial charge in [-0.25, -0.2) is 0 Å². The fourth-order valence-electron chi connectivity index (χ4n) is 9.77. The van der Waals surface area contributed by atoms with Crippen LogP contribution in [0.4, 0.5) is 0 Å². The van der Waals surface area contributed by atoms with Crippen LogP contribution in [0.5, 0.6) is 0 Å². The van der Waals surface area contributed by atoms with Crippen molar-refractivity contribution in [1.29, 1.82) is 0 Å². The Morgan fingerprint density at radius 3 is 1.16 bits per heavy atom. The van der Waals surface area contributed by atoms with E-state index in [0.717, 1.165) is 106 Å². The summed E-state index contributed by atoms with van der Waals surface area (Å²) >= 11 is 0. The molecule has 6 nitrogen and oxygen atoms in total. The number of amides is 4. The lowest BCUT2D eigenvalue weighted by molar-refractivity contribution is 0.0592. The smallest absolute Gasteiger partial charge is 0.261 e. The van der Waals surface area contributed by atoms with E-state index in [1.807, 2.05) is 72.8 Å². The van der Waals surface area contributed by atoms with Gasteiger partial charge in [0.15, 0.2) is 0 Å². The minimum absolute atomic E-state index is 0.251. The summed E-state index contributed by atoms with van der Waals surface area (Å²) in [6.45, 7) is 5.17. The van der Waals surface area contributed by atoms with Crippen molar-refractivity contribution in [2.45, 2.75) is 90.9 Å². The van der Waals surface area contributed by atoms with Crippen molar-refractivity contribution >= 4 is 66.7 Å². The van der Waals surface area contributed by atoms with Gasteiger partial charge in [0.2, 0.25) is 0 Å². The van der Waals surface area contributed by atoms with Crippen LogP contribution in [-0.2, 0) is 0 Å². The number of carbonyl (C=O) groups excluding carboxylic acids is 4. The van der Waals surface area contributed by atoms with E-state index in [2.05, 4.69) is 38.1 Å². The lowest BCUT2D eigenvalue weighted by atomic mass is 9.77. The number of unbranched alkanes of at least 4 members (excludes halogenated alkanes) is 10. The van der Waals surface area contributed by atoms with Gasteiger partial charge < -0.3 is 0 Å². The van der Waals surface area contributed by atoms with E-state index in [-0.39, 0.29) is 23.6 Å². The van der Waals surface area contributed by atoms with E-state index in [9.17, 15) is 19.2 Å². The highest BCUT2D eigenvalue weighted by Gasteiger charge is 2.38. The third-order valence-corrected chi connectivity index (χ3v) is 12.6. The Hall–Kier alpha value is -5.88. The van der Waals surface area contributed by atoms with Crippen LogP contribution in [0.15, 0.2) is 97.1 Å². The Labute approximate surface area is 340 Å². The Morgan fingerprint density at radius 1 is 0.345 bits per heavy atom. The van der Waals surface area contributed by atoms with Crippen LogP contribution in [0.1, 0.15) is 132 Å². The number of hydrogen-bond acceptors (Lipinski definition) is 4. The van der Waals surface area contributed by atoms with Crippen LogP contribution in [0.25, 0.3) is 65.3 Å². The number of benzene rings is 7. The fourth-order valence-corrected chi connectivity index (χ4v) is 9.77. The van der Waals surface area contributed by atoms with Crippen molar-refractivity contribution in [3.05, 3.63) is 119 Å². The van der Waals surface area contributed by atoms with E-state index < -0.39 is 0 Å². The van der Waals surface area contributed by atoms with E-state index in [4.69, 9.17) is 0 Å². The van der Waals surface area contributed by atoms with Crippen LogP contribution in [-0.4, -0.2) is 46.5 Å². The summed E-state index contributed by atoms with van der Waals surface area (Å²) in [6.07, 6.45) is 12.7. The summed E-state index contributed by atoms with van der Waals surface area (Å²) in [5.74, 6) is -1.02. The third kappa shape index (κ3) is 6.16. The summed E-state index contributed by atoms with van der Waals surface area (Å²) in [5.41, 5.74) is 5.79. The summed E-state index contributed by atoms with van der Waals surface area (Å²) in [6, 6.07) is 32.0. The van der Waals surface area contributed by atoms with E-state index in [0.29, 0.717) is 46.1 Å². The molecular weight excluding hydrogens is 717 g/mol.